The van der Waals surface area contributed by atoms with E-state index < -0.39 is 0 Å². The summed E-state index contributed by atoms with van der Waals surface area (Å²) < 4.78 is 0. The number of hydrogen-bond acceptors (Lipinski definition) is 4. The number of H-pyrrole nitrogens is 1. The van der Waals surface area contributed by atoms with Crippen LogP contribution in [-0.2, 0) is 6.54 Å². The minimum Gasteiger partial charge on any atom is -0.307 e. The summed E-state index contributed by atoms with van der Waals surface area (Å²) in [6, 6.07) is 0.670. The second-order valence-electron chi connectivity index (χ2n) is 3.19. The maximum atomic E-state index is 3.87. The summed E-state index contributed by atoms with van der Waals surface area (Å²) >= 11 is 0. The third kappa shape index (κ3) is 1.79. The largest absolute Gasteiger partial charge is 0.307 e. The third-order valence-electron chi connectivity index (χ3n) is 2.29. The summed E-state index contributed by atoms with van der Waals surface area (Å²) in [5.41, 5.74) is 0. The quantitative estimate of drug-likeness (QED) is 0.676. The van der Waals surface area contributed by atoms with E-state index in [4.69, 9.17) is 0 Å². The first-order valence-corrected chi connectivity index (χ1v) is 4.41. The summed E-state index contributed by atoms with van der Waals surface area (Å²) in [5, 5.41) is 17.1. The van der Waals surface area contributed by atoms with Crippen molar-refractivity contribution >= 4 is 0 Å². The van der Waals surface area contributed by atoms with Gasteiger partial charge >= 0.3 is 0 Å². The minimum absolute atomic E-state index is 0.670. The molecular formula is C7H13N5. The van der Waals surface area contributed by atoms with Crippen LogP contribution in [0.3, 0.4) is 0 Å². The second-order valence-corrected chi connectivity index (χ2v) is 3.19. The average molecular weight is 167 g/mol. The van der Waals surface area contributed by atoms with Crippen LogP contribution >= 0.6 is 0 Å². The molecule has 5 nitrogen and oxygen atoms in total. The first-order valence-electron chi connectivity index (χ1n) is 4.41. The molecule has 0 aromatic carbocycles. The molecule has 1 fully saturated rings. The van der Waals surface area contributed by atoms with Gasteiger partial charge in [-0.25, -0.2) is 0 Å². The number of rotatable bonds is 3. The Hall–Kier alpha value is -0.970. The molecule has 0 atom stereocenters. The van der Waals surface area contributed by atoms with E-state index in [-0.39, 0.29) is 0 Å². The van der Waals surface area contributed by atoms with Gasteiger partial charge in [0.05, 0.1) is 6.54 Å². The van der Waals surface area contributed by atoms with Gasteiger partial charge < -0.3 is 5.32 Å². The van der Waals surface area contributed by atoms with Crippen molar-refractivity contribution in [1.82, 2.24) is 25.9 Å². The number of tetrazole rings is 1. The summed E-state index contributed by atoms with van der Waals surface area (Å²) in [4.78, 5) is 0. The number of nitrogens with one attached hydrogen (secondary N) is 2. The van der Waals surface area contributed by atoms with Crippen molar-refractivity contribution < 1.29 is 0 Å². The van der Waals surface area contributed by atoms with Crippen LogP contribution in [0.25, 0.3) is 0 Å². The molecule has 0 bridgehead atoms. The second kappa shape index (κ2) is 3.62. The van der Waals surface area contributed by atoms with E-state index in [1.807, 2.05) is 0 Å². The Balaban J connectivity index is 1.74. The van der Waals surface area contributed by atoms with Crippen molar-refractivity contribution in [1.29, 1.82) is 0 Å². The fraction of sp³-hybridized carbons (Fsp3) is 0.857. The summed E-state index contributed by atoms with van der Waals surface area (Å²) in [6.07, 6.45) is 5.28. The van der Waals surface area contributed by atoms with E-state index in [9.17, 15) is 0 Å². The third-order valence-corrected chi connectivity index (χ3v) is 2.29. The van der Waals surface area contributed by atoms with Crippen LogP contribution in [0.4, 0.5) is 0 Å². The first-order chi connectivity index (χ1) is 5.95. The molecule has 0 unspecified atom stereocenters. The van der Waals surface area contributed by atoms with Crippen LogP contribution < -0.4 is 5.32 Å². The molecule has 2 rings (SSSR count). The van der Waals surface area contributed by atoms with E-state index in [0.29, 0.717) is 6.04 Å². The Morgan fingerprint density at radius 3 is 2.92 bits per heavy atom. The highest BCUT2D eigenvalue weighted by atomic mass is 15.5. The standard InChI is InChI=1S/C7H13N5/c1-2-4-6(3-1)8-5-7-9-11-12-10-7/h6,8H,1-5H2,(H,9,10,11,12). The highest BCUT2D eigenvalue weighted by Gasteiger charge is 2.14. The van der Waals surface area contributed by atoms with Crippen molar-refractivity contribution in [2.45, 2.75) is 38.3 Å². The maximum absolute atomic E-state index is 3.87. The lowest BCUT2D eigenvalue weighted by Crippen LogP contribution is -2.25. The summed E-state index contributed by atoms with van der Waals surface area (Å²) in [7, 11) is 0. The summed E-state index contributed by atoms with van der Waals surface area (Å²) in [5.74, 6) is 0.752. The molecule has 66 valence electrons. The number of aromatic amines is 1. The fourth-order valence-corrected chi connectivity index (χ4v) is 1.62. The molecule has 1 aromatic heterocycles. The first kappa shape index (κ1) is 7.67. The monoisotopic (exact) mass is 167 g/mol. The fourth-order valence-electron chi connectivity index (χ4n) is 1.62. The molecule has 1 heterocycles. The number of aromatic nitrogens is 4. The van der Waals surface area contributed by atoms with Crippen molar-refractivity contribution in [2.24, 2.45) is 0 Å². The van der Waals surface area contributed by atoms with Gasteiger partial charge in [-0.15, -0.1) is 10.2 Å². The van der Waals surface area contributed by atoms with Gasteiger partial charge in [0.2, 0.25) is 0 Å². The molecule has 0 spiro atoms. The van der Waals surface area contributed by atoms with E-state index in [1.54, 1.807) is 0 Å². The molecule has 0 radical (unpaired) electrons. The zero-order valence-electron chi connectivity index (χ0n) is 6.95. The molecule has 0 saturated heterocycles. The predicted octanol–water partition coefficient (Wildman–Crippen LogP) is 0.232. The van der Waals surface area contributed by atoms with E-state index in [2.05, 4.69) is 25.9 Å². The van der Waals surface area contributed by atoms with Crippen molar-refractivity contribution in [2.75, 3.05) is 0 Å². The molecule has 0 amide bonds. The zero-order chi connectivity index (χ0) is 8.23. The SMILES string of the molecule is C1CCC(NCc2nn[nH]n2)C1. The van der Waals surface area contributed by atoms with Crippen molar-refractivity contribution in [3.63, 3.8) is 0 Å². The highest BCUT2D eigenvalue weighted by molar-refractivity contribution is 4.79. The van der Waals surface area contributed by atoms with Crippen LogP contribution in [0.2, 0.25) is 0 Å². The van der Waals surface area contributed by atoms with Gasteiger partial charge in [0, 0.05) is 6.04 Å². The molecule has 2 N–H and O–H groups in total. The van der Waals surface area contributed by atoms with Gasteiger partial charge in [0.15, 0.2) is 5.82 Å². The smallest absolute Gasteiger partial charge is 0.188 e. The number of nitrogens with zero attached hydrogens (tertiary/aromatic N) is 3. The molecule has 1 aliphatic rings. The van der Waals surface area contributed by atoms with Crippen LogP contribution in [0.5, 0.6) is 0 Å². The lowest BCUT2D eigenvalue weighted by atomic mass is 10.2. The van der Waals surface area contributed by atoms with Gasteiger partial charge in [-0.3, -0.25) is 0 Å². The Kier molecular flexibility index (Phi) is 2.31. The predicted molar refractivity (Wildman–Crippen MR) is 43.3 cm³/mol. The Morgan fingerprint density at radius 1 is 1.42 bits per heavy atom. The maximum Gasteiger partial charge on any atom is 0.188 e. The molecule has 1 saturated carbocycles. The van der Waals surface area contributed by atoms with E-state index in [1.165, 1.54) is 25.7 Å². The Labute approximate surface area is 70.9 Å². The topological polar surface area (TPSA) is 66.5 Å². The molecule has 5 heteroatoms. The Bertz CT molecular complexity index is 214. The van der Waals surface area contributed by atoms with Crippen LogP contribution in [-0.4, -0.2) is 26.7 Å². The van der Waals surface area contributed by atoms with E-state index >= 15 is 0 Å². The zero-order valence-corrected chi connectivity index (χ0v) is 6.95. The lowest BCUT2D eigenvalue weighted by Gasteiger charge is -2.08. The van der Waals surface area contributed by atoms with Crippen LogP contribution in [0.15, 0.2) is 0 Å². The highest BCUT2D eigenvalue weighted by Crippen LogP contribution is 2.17. The average Bonchev–Trinajstić information content (AvgIpc) is 2.74. The van der Waals surface area contributed by atoms with Gasteiger partial charge in [0.1, 0.15) is 0 Å². The van der Waals surface area contributed by atoms with Crippen molar-refractivity contribution in [3.05, 3.63) is 5.82 Å². The normalized spacial score (nSPS) is 18.7. The van der Waals surface area contributed by atoms with E-state index in [0.717, 1.165) is 12.4 Å². The Morgan fingerprint density at radius 2 is 2.25 bits per heavy atom. The van der Waals surface area contributed by atoms with Gasteiger partial charge in [-0.2, -0.15) is 5.21 Å². The molecule has 0 aliphatic heterocycles. The lowest BCUT2D eigenvalue weighted by molar-refractivity contribution is 0.514. The van der Waals surface area contributed by atoms with Gasteiger partial charge in [0.25, 0.3) is 0 Å². The molecular weight excluding hydrogens is 154 g/mol. The van der Waals surface area contributed by atoms with Gasteiger partial charge in [-0.05, 0) is 12.8 Å². The van der Waals surface area contributed by atoms with Crippen molar-refractivity contribution in [3.8, 4) is 0 Å². The van der Waals surface area contributed by atoms with Crippen LogP contribution in [0, 0.1) is 0 Å². The van der Waals surface area contributed by atoms with Gasteiger partial charge in [-0.1, -0.05) is 18.1 Å². The molecule has 1 aromatic rings. The molecule has 12 heavy (non-hydrogen) atoms. The number of hydrogen-bond donors (Lipinski definition) is 2. The summed E-state index contributed by atoms with van der Waals surface area (Å²) in [6.45, 7) is 0.737. The minimum atomic E-state index is 0.670. The van der Waals surface area contributed by atoms with Crippen LogP contribution in [0.1, 0.15) is 31.5 Å². The molecule has 1 aliphatic carbocycles.